The van der Waals surface area contributed by atoms with Crippen molar-refractivity contribution in [2.45, 2.75) is 13.1 Å². The summed E-state index contributed by atoms with van der Waals surface area (Å²) in [7, 11) is 2.10. The Morgan fingerprint density at radius 1 is 1.24 bits per heavy atom. The molecule has 0 bridgehead atoms. The quantitative estimate of drug-likeness (QED) is 0.828. The lowest BCUT2D eigenvalue weighted by Gasteiger charge is -2.07. The third-order valence-corrected chi connectivity index (χ3v) is 3.78. The monoisotopic (exact) mass is 280 g/mol. The van der Waals surface area contributed by atoms with E-state index in [1.54, 1.807) is 12.3 Å². The van der Waals surface area contributed by atoms with E-state index in [1.165, 1.54) is 11.1 Å². The van der Waals surface area contributed by atoms with Crippen molar-refractivity contribution in [3.8, 4) is 0 Å². The van der Waals surface area contributed by atoms with Gasteiger partial charge in [-0.05, 0) is 36.4 Å². The predicted molar refractivity (Wildman–Crippen MR) is 80.6 cm³/mol. The summed E-state index contributed by atoms with van der Waals surface area (Å²) in [6, 6.07) is 7.97. The van der Waals surface area contributed by atoms with E-state index >= 15 is 0 Å². The van der Waals surface area contributed by atoms with Crippen molar-refractivity contribution < 1.29 is 0 Å². The second-order valence-electron chi connectivity index (χ2n) is 5.40. The van der Waals surface area contributed by atoms with Crippen LogP contribution in [0.1, 0.15) is 16.7 Å². The highest BCUT2D eigenvalue weighted by atomic mass is 16.1. The second kappa shape index (κ2) is 4.46. The van der Waals surface area contributed by atoms with Crippen LogP contribution in [0.15, 0.2) is 40.4 Å². The van der Waals surface area contributed by atoms with Crippen molar-refractivity contribution in [3.05, 3.63) is 57.5 Å². The van der Waals surface area contributed by atoms with Crippen LogP contribution >= 0.6 is 0 Å². The van der Waals surface area contributed by atoms with E-state index in [9.17, 15) is 4.79 Å². The number of H-pyrrole nitrogens is 1. The smallest absolute Gasteiger partial charge is 0.261 e. The maximum atomic E-state index is 11.9. The molecule has 6 nitrogen and oxygen atoms in total. The first-order chi connectivity index (χ1) is 10.2. The molecule has 1 radical (unpaired) electrons. The highest BCUT2D eigenvalue weighted by molar-refractivity contribution is 6.12. The van der Waals surface area contributed by atoms with Gasteiger partial charge in [0, 0.05) is 25.0 Å². The van der Waals surface area contributed by atoms with Crippen LogP contribution in [-0.4, -0.2) is 22.8 Å². The van der Waals surface area contributed by atoms with Gasteiger partial charge in [-0.25, -0.2) is 0 Å². The van der Waals surface area contributed by atoms with E-state index in [0.717, 1.165) is 18.8 Å². The fraction of sp³-hybridized carbons (Fsp3) is 0.200. The average Bonchev–Trinajstić information content (AvgIpc) is 3.02. The average molecular weight is 280 g/mol. The highest BCUT2D eigenvalue weighted by Crippen LogP contribution is 2.26. The van der Waals surface area contributed by atoms with Crippen molar-refractivity contribution in [2.24, 2.45) is 5.10 Å². The highest BCUT2D eigenvalue weighted by Gasteiger charge is 2.22. The Morgan fingerprint density at radius 2 is 2.10 bits per heavy atom. The number of nitrogens with zero attached hydrogens (tertiary/aromatic N) is 3. The van der Waals surface area contributed by atoms with Gasteiger partial charge in [-0.1, -0.05) is 6.07 Å². The van der Waals surface area contributed by atoms with Crippen LogP contribution in [0, 0.1) is 0 Å². The lowest BCUT2D eigenvalue weighted by atomic mass is 10.1. The van der Waals surface area contributed by atoms with Crippen LogP contribution in [0.25, 0.3) is 0 Å². The predicted octanol–water partition coefficient (Wildman–Crippen LogP) is 1.34. The van der Waals surface area contributed by atoms with Gasteiger partial charge in [0.15, 0.2) is 5.84 Å². The largest absolute Gasteiger partial charge is 0.338 e. The molecule has 0 fully saturated rings. The molecule has 0 saturated carbocycles. The number of amidine groups is 1. The van der Waals surface area contributed by atoms with Crippen molar-refractivity contribution in [3.63, 3.8) is 0 Å². The minimum absolute atomic E-state index is 0.180. The van der Waals surface area contributed by atoms with Gasteiger partial charge in [0.1, 0.15) is 11.3 Å². The number of aromatic amines is 1. The number of benzene rings is 1. The number of anilines is 1. The second-order valence-corrected chi connectivity index (χ2v) is 5.40. The molecular weight excluding hydrogens is 266 g/mol. The number of rotatable bonds is 1. The fourth-order valence-corrected chi connectivity index (χ4v) is 2.80. The molecule has 0 amide bonds. The molecule has 0 unspecified atom stereocenters. The Kier molecular flexibility index (Phi) is 2.58. The Morgan fingerprint density at radius 3 is 3.00 bits per heavy atom. The van der Waals surface area contributed by atoms with Crippen LogP contribution in [0.2, 0.25) is 0 Å². The number of pyridine rings is 1. The third-order valence-electron chi connectivity index (χ3n) is 3.78. The molecule has 2 N–H and O–H groups in total. The maximum Gasteiger partial charge on any atom is 0.261 e. The first-order valence-corrected chi connectivity index (χ1v) is 6.79. The van der Waals surface area contributed by atoms with E-state index in [1.807, 2.05) is 6.07 Å². The summed E-state index contributed by atoms with van der Waals surface area (Å²) >= 11 is 0. The Balaban J connectivity index is 1.65. The number of hydrogen-bond acceptors (Lipinski definition) is 4. The van der Waals surface area contributed by atoms with Gasteiger partial charge in [-0.2, -0.15) is 0 Å². The minimum atomic E-state index is -0.180. The molecule has 3 heterocycles. The number of nitrogens with one attached hydrogen (secondary N) is 2. The molecule has 0 atom stereocenters. The summed E-state index contributed by atoms with van der Waals surface area (Å²) in [5, 5.41) is 7.27. The molecule has 2 aliphatic rings. The molecule has 2 aromatic rings. The van der Waals surface area contributed by atoms with E-state index < -0.39 is 0 Å². The lowest BCUT2D eigenvalue weighted by Crippen LogP contribution is -2.21. The summed E-state index contributed by atoms with van der Waals surface area (Å²) in [5.41, 5.74) is 8.51. The number of hydrogen-bond donors (Lipinski definition) is 2. The van der Waals surface area contributed by atoms with Gasteiger partial charge in [0.05, 0.1) is 0 Å². The molecule has 0 spiro atoms. The summed E-state index contributed by atoms with van der Waals surface area (Å²) in [6.07, 6.45) is 1.58. The first kappa shape index (κ1) is 12.2. The molecular formula is C15H14N5O. The van der Waals surface area contributed by atoms with Gasteiger partial charge in [0.2, 0.25) is 0 Å². The maximum absolute atomic E-state index is 11.9. The van der Waals surface area contributed by atoms with E-state index in [-0.39, 0.29) is 5.56 Å². The SMILES string of the molecule is CN1Cc2ccc(NC3=N[N]c4cc[nH]c(=O)c43)cc2C1. The summed E-state index contributed by atoms with van der Waals surface area (Å²) in [5.74, 6) is 0.498. The fourth-order valence-electron chi connectivity index (χ4n) is 2.80. The first-order valence-electron chi connectivity index (χ1n) is 6.79. The standard InChI is InChI=1S/C15H14N5O/c1-20-7-9-2-3-11(6-10(9)8-20)17-14-13-12(18-19-14)4-5-16-15(13)21/h2-6H,7-8H2,1H3,(H,16,21)(H,17,19). The van der Waals surface area contributed by atoms with Crippen LogP contribution in [-0.2, 0) is 13.1 Å². The van der Waals surface area contributed by atoms with Gasteiger partial charge in [-0.3, -0.25) is 9.69 Å². The zero-order valence-electron chi connectivity index (χ0n) is 11.6. The topological polar surface area (TPSA) is 74.6 Å². The van der Waals surface area contributed by atoms with Gasteiger partial charge in [0.25, 0.3) is 5.56 Å². The van der Waals surface area contributed by atoms with E-state index in [2.05, 4.69) is 44.9 Å². The van der Waals surface area contributed by atoms with Crippen LogP contribution in [0.4, 0.5) is 11.4 Å². The minimum Gasteiger partial charge on any atom is -0.338 e. The molecule has 105 valence electrons. The van der Waals surface area contributed by atoms with Crippen molar-refractivity contribution in [2.75, 3.05) is 12.4 Å². The van der Waals surface area contributed by atoms with Gasteiger partial charge in [-0.15, -0.1) is 10.5 Å². The molecule has 0 saturated heterocycles. The Bertz CT molecular complexity index is 808. The molecule has 2 aliphatic heterocycles. The van der Waals surface area contributed by atoms with E-state index in [4.69, 9.17) is 0 Å². The third kappa shape index (κ3) is 2.00. The number of fused-ring (bicyclic) bond motifs is 2. The summed E-state index contributed by atoms with van der Waals surface area (Å²) in [6.45, 7) is 1.92. The summed E-state index contributed by atoms with van der Waals surface area (Å²) < 4.78 is 0. The Labute approximate surface area is 121 Å². The molecule has 4 rings (SSSR count). The van der Waals surface area contributed by atoms with Crippen molar-refractivity contribution in [1.29, 1.82) is 0 Å². The summed E-state index contributed by atoms with van der Waals surface area (Å²) in [4.78, 5) is 16.8. The zero-order chi connectivity index (χ0) is 14.4. The van der Waals surface area contributed by atoms with Gasteiger partial charge < -0.3 is 10.3 Å². The van der Waals surface area contributed by atoms with E-state index in [0.29, 0.717) is 17.1 Å². The molecule has 1 aromatic heterocycles. The van der Waals surface area contributed by atoms with Gasteiger partial charge >= 0.3 is 0 Å². The molecule has 0 aliphatic carbocycles. The van der Waals surface area contributed by atoms with Crippen LogP contribution in [0.3, 0.4) is 0 Å². The Hall–Kier alpha value is -2.60. The van der Waals surface area contributed by atoms with Crippen LogP contribution < -0.4 is 16.3 Å². The lowest BCUT2D eigenvalue weighted by molar-refractivity contribution is 0.353. The van der Waals surface area contributed by atoms with Crippen molar-refractivity contribution >= 4 is 17.2 Å². The van der Waals surface area contributed by atoms with Crippen LogP contribution in [0.5, 0.6) is 0 Å². The molecule has 21 heavy (non-hydrogen) atoms. The van der Waals surface area contributed by atoms with Crippen molar-refractivity contribution in [1.82, 2.24) is 15.3 Å². The molecule has 6 heteroatoms. The molecule has 1 aromatic carbocycles. The number of aromatic nitrogens is 1. The normalized spacial score (nSPS) is 16.1. The zero-order valence-corrected chi connectivity index (χ0v) is 11.6.